The molecular weight excluding hydrogens is 508 g/mol. The molecule has 1 aliphatic rings. The lowest BCUT2D eigenvalue weighted by Crippen LogP contribution is -2.41. The predicted octanol–water partition coefficient (Wildman–Crippen LogP) is 4.29. The molecule has 7 nitrogen and oxygen atoms in total. The van der Waals surface area contributed by atoms with Crippen LogP contribution >= 0.6 is 15.9 Å². The smallest absolute Gasteiger partial charge is 0.264 e. The standard InChI is InChI=1S/C24H23BrN2O5S/c1-17(18-7-12-22-23(15-18)32-14-13-31-22)26-24(28)16-27(20-10-8-19(25)9-11-20)33(29,30)21-5-3-2-4-6-21/h2-12,15,17H,13-14,16H2,1H3,(H,26,28). The predicted molar refractivity (Wildman–Crippen MR) is 129 cm³/mol. The van der Waals surface area contributed by atoms with Crippen molar-refractivity contribution in [3.63, 3.8) is 0 Å². The van der Waals surface area contributed by atoms with Crippen molar-refractivity contribution >= 4 is 37.5 Å². The van der Waals surface area contributed by atoms with Crippen LogP contribution in [0.25, 0.3) is 0 Å². The average Bonchev–Trinajstić information content (AvgIpc) is 2.83. The van der Waals surface area contributed by atoms with Gasteiger partial charge >= 0.3 is 0 Å². The summed E-state index contributed by atoms with van der Waals surface area (Å²) in [6.07, 6.45) is 0. The van der Waals surface area contributed by atoms with Crippen LogP contribution in [0.4, 0.5) is 5.69 Å². The Bertz CT molecular complexity index is 1230. The number of carbonyl (C=O) groups excluding carboxylic acids is 1. The van der Waals surface area contributed by atoms with E-state index in [0.29, 0.717) is 30.4 Å². The van der Waals surface area contributed by atoms with Gasteiger partial charge in [-0.1, -0.05) is 40.2 Å². The van der Waals surface area contributed by atoms with Crippen LogP contribution in [-0.4, -0.2) is 34.1 Å². The summed E-state index contributed by atoms with van der Waals surface area (Å²) in [5, 5.41) is 2.89. The number of benzene rings is 3. The van der Waals surface area contributed by atoms with Gasteiger partial charge in [0.05, 0.1) is 16.6 Å². The Labute approximate surface area is 201 Å². The molecular formula is C24H23BrN2O5S. The molecule has 0 saturated carbocycles. The second-order valence-electron chi connectivity index (χ2n) is 7.49. The quantitative estimate of drug-likeness (QED) is 0.492. The third kappa shape index (κ3) is 5.31. The number of carbonyl (C=O) groups is 1. The molecule has 1 amide bonds. The third-order valence-corrected chi connectivity index (χ3v) is 7.49. The summed E-state index contributed by atoms with van der Waals surface area (Å²) in [6, 6.07) is 20.0. The molecule has 172 valence electrons. The minimum absolute atomic E-state index is 0.112. The Morgan fingerprint density at radius 1 is 1.00 bits per heavy atom. The van der Waals surface area contributed by atoms with E-state index in [1.165, 1.54) is 12.1 Å². The van der Waals surface area contributed by atoms with E-state index in [-0.39, 0.29) is 17.5 Å². The van der Waals surface area contributed by atoms with Gasteiger partial charge in [-0.15, -0.1) is 0 Å². The molecule has 4 rings (SSSR count). The molecule has 1 N–H and O–H groups in total. The van der Waals surface area contributed by atoms with Crippen molar-refractivity contribution in [2.24, 2.45) is 0 Å². The molecule has 1 heterocycles. The molecule has 1 aliphatic heterocycles. The van der Waals surface area contributed by atoms with Crippen molar-refractivity contribution in [2.45, 2.75) is 17.9 Å². The summed E-state index contributed by atoms with van der Waals surface area (Å²) in [7, 11) is -3.95. The van der Waals surface area contributed by atoms with Gasteiger partial charge in [0.2, 0.25) is 5.91 Å². The summed E-state index contributed by atoms with van der Waals surface area (Å²) in [5.74, 6) is 0.863. The van der Waals surface area contributed by atoms with Crippen LogP contribution in [0.5, 0.6) is 11.5 Å². The van der Waals surface area contributed by atoms with E-state index in [0.717, 1.165) is 14.3 Å². The second kappa shape index (κ2) is 9.84. The van der Waals surface area contributed by atoms with E-state index in [9.17, 15) is 13.2 Å². The number of hydrogen-bond acceptors (Lipinski definition) is 5. The highest BCUT2D eigenvalue weighted by atomic mass is 79.9. The van der Waals surface area contributed by atoms with Crippen LogP contribution in [0.2, 0.25) is 0 Å². The molecule has 0 saturated heterocycles. The summed E-state index contributed by atoms with van der Waals surface area (Å²) in [6.45, 7) is 2.43. The minimum Gasteiger partial charge on any atom is -0.486 e. The lowest BCUT2D eigenvalue weighted by Gasteiger charge is -2.25. The number of rotatable bonds is 7. The monoisotopic (exact) mass is 530 g/mol. The molecule has 1 atom stereocenters. The van der Waals surface area contributed by atoms with Crippen LogP contribution in [0, 0.1) is 0 Å². The van der Waals surface area contributed by atoms with Gasteiger partial charge < -0.3 is 14.8 Å². The van der Waals surface area contributed by atoms with E-state index in [2.05, 4.69) is 21.2 Å². The number of anilines is 1. The number of nitrogens with zero attached hydrogens (tertiary/aromatic N) is 1. The van der Waals surface area contributed by atoms with Crippen LogP contribution in [-0.2, 0) is 14.8 Å². The molecule has 3 aromatic carbocycles. The fourth-order valence-corrected chi connectivity index (χ4v) is 5.18. The van der Waals surface area contributed by atoms with Gasteiger partial charge in [-0.05, 0) is 61.0 Å². The fourth-order valence-electron chi connectivity index (χ4n) is 3.47. The number of halogens is 1. The first-order valence-electron chi connectivity index (χ1n) is 10.4. The maximum atomic E-state index is 13.4. The zero-order valence-electron chi connectivity index (χ0n) is 17.9. The Balaban J connectivity index is 1.56. The maximum absolute atomic E-state index is 13.4. The van der Waals surface area contributed by atoms with Gasteiger partial charge in [0, 0.05) is 4.47 Å². The van der Waals surface area contributed by atoms with Crippen molar-refractivity contribution in [3.8, 4) is 11.5 Å². The lowest BCUT2D eigenvalue weighted by molar-refractivity contribution is -0.120. The zero-order valence-corrected chi connectivity index (χ0v) is 20.3. The second-order valence-corrected chi connectivity index (χ2v) is 10.3. The summed E-state index contributed by atoms with van der Waals surface area (Å²) in [4.78, 5) is 13.1. The first-order valence-corrected chi connectivity index (χ1v) is 12.6. The molecule has 0 radical (unpaired) electrons. The molecule has 1 unspecified atom stereocenters. The van der Waals surface area contributed by atoms with Crippen molar-refractivity contribution < 1.29 is 22.7 Å². The molecule has 0 bridgehead atoms. The highest BCUT2D eigenvalue weighted by Crippen LogP contribution is 2.32. The average molecular weight is 531 g/mol. The van der Waals surface area contributed by atoms with E-state index in [1.54, 1.807) is 48.5 Å². The van der Waals surface area contributed by atoms with Gasteiger partial charge in [-0.2, -0.15) is 0 Å². The van der Waals surface area contributed by atoms with E-state index in [4.69, 9.17) is 9.47 Å². The Kier molecular flexibility index (Phi) is 6.90. The van der Waals surface area contributed by atoms with Crippen LogP contribution < -0.4 is 19.1 Å². The number of hydrogen-bond donors (Lipinski definition) is 1. The number of ether oxygens (including phenoxy) is 2. The number of sulfonamides is 1. The summed E-state index contributed by atoms with van der Waals surface area (Å²) < 4.78 is 39.8. The molecule has 33 heavy (non-hydrogen) atoms. The van der Waals surface area contributed by atoms with Crippen molar-refractivity contribution in [2.75, 3.05) is 24.1 Å². The normalized spacial score (nSPS) is 13.8. The number of nitrogens with one attached hydrogen (secondary N) is 1. The molecule has 0 aliphatic carbocycles. The van der Waals surface area contributed by atoms with Gasteiger partial charge in [-0.25, -0.2) is 8.42 Å². The lowest BCUT2D eigenvalue weighted by atomic mass is 10.1. The van der Waals surface area contributed by atoms with Gasteiger partial charge in [-0.3, -0.25) is 9.10 Å². The molecule has 9 heteroatoms. The highest BCUT2D eigenvalue weighted by Gasteiger charge is 2.27. The highest BCUT2D eigenvalue weighted by molar-refractivity contribution is 9.10. The Hall–Kier alpha value is -3.04. The molecule has 0 fully saturated rings. The topological polar surface area (TPSA) is 84.9 Å². The van der Waals surface area contributed by atoms with Gasteiger partial charge in [0.1, 0.15) is 19.8 Å². The van der Waals surface area contributed by atoms with E-state index < -0.39 is 15.9 Å². The number of amides is 1. The van der Waals surface area contributed by atoms with Gasteiger partial charge in [0.25, 0.3) is 10.0 Å². The Morgan fingerprint density at radius 3 is 2.36 bits per heavy atom. The van der Waals surface area contributed by atoms with Crippen molar-refractivity contribution in [3.05, 3.63) is 82.8 Å². The molecule has 0 aromatic heterocycles. The van der Waals surface area contributed by atoms with E-state index in [1.807, 2.05) is 19.1 Å². The van der Waals surface area contributed by atoms with Gasteiger partial charge in [0.15, 0.2) is 11.5 Å². The fraction of sp³-hybridized carbons (Fsp3) is 0.208. The van der Waals surface area contributed by atoms with E-state index >= 15 is 0 Å². The van der Waals surface area contributed by atoms with Crippen molar-refractivity contribution in [1.29, 1.82) is 0 Å². The summed E-state index contributed by atoms with van der Waals surface area (Å²) in [5.41, 5.74) is 1.22. The first-order chi connectivity index (χ1) is 15.8. The molecule has 3 aromatic rings. The summed E-state index contributed by atoms with van der Waals surface area (Å²) >= 11 is 3.36. The maximum Gasteiger partial charge on any atom is 0.264 e. The number of fused-ring (bicyclic) bond motifs is 1. The zero-order chi connectivity index (χ0) is 23.4. The largest absolute Gasteiger partial charge is 0.486 e. The SMILES string of the molecule is CC(NC(=O)CN(c1ccc(Br)cc1)S(=O)(=O)c1ccccc1)c1ccc2c(c1)OCCO2. The van der Waals surface area contributed by atoms with Crippen LogP contribution in [0.15, 0.2) is 82.2 Å². The minimum atomic E-state index is -3.95. The molecule has 0 spiro atoms. The third-order valence-electron chi connectivity index (χ3n) is 5.18. The van der Waals surface area contributed by atoms with Crippen LogP contribution in [0.3, 0.4) is 0 Å². The van der Waals surface area contributed by atoms with Crippen LogP contribution in [0.1, 0.15) is 18.5 Å². The van der Waals surface area contributed by atoms with Crippen molar-refractivity contribution in [1.82, 2.24) is 5.32 Å². The first kappa shape index (κ1) is 23.1. The Morgan fingerprint density at radius 2 is 1.67 bits per heavy atom.